The summed E-state index contributed by atoms with van der Waals surface area (Å²) in [6.45, 7) is 0.0473. The lowest BCUT2D eigenvalue weighted by Crippen LogP contribution is -2.48. The van der Waals surface area contributed by atoms with Crippen molar-refractivity contribution in [2.75, 3.05) is 13.1 Å². The molecule has 1 aliphatic rings. The van der Waals surface area contributed by atoms with Crippen molar-refractivity contribution in [1.82, 2.24) is 24.4 Å². The summed E-state index contributed by atoms with van der Waals surface area (Å²) in [4.78, 5) is 11.7. The van der Waals surface area contributed by atoms with Gasteiger partial charge in [-0.1, -0.05) is 11.2 Å². The number of hydrogen-bond donors (Lipinski definition) is 0. The van der Waals surface area contributed by atoms with Crippen LogP contribution in [0.15, 0.2) is 52.1 Å². The van der Waals surface area contributed by atoms with Crippen LogP contribution in [0.4, 0.5) is 13.2 Å². The van der Waals surface area contributed by atoms with Crippen molar-refractivity contribution in [2.24, 2.45) is 0 Å². The van der Waals surface area contributed by atoms with Crippen molar-refractivity contribution in [3.8, 4) is 11.6 Å². The van der Waals surface area contributed by atoms with Gasteiger partial charge in [0.25, 0.3) is 0 Å². The lowest BCUT2D eigenvalue weighted by Gasteiger charge is -2.35. The average molecular weight is 411 g/mol. The zero-order valence-corrected chi connectivity index (χ0v) is 14.9. The maximum absolute atomic E-state index is 12.8. The standard InChI is InChI=1S/C16H12F3N5O3S/c17-16(18,19)11-3-1-4-12(7-11)28(25,26)24-8-10(9-24)15-22-14(23-27-15)13-20-5-2-6-21-13/h1-7,10H,8-9H2. The van der Waals surface area contributed by atoms with E-state index in [0.29, 0.717) is 6.07 Å². The fraction of sp³-hybridized carbons (Fsp3) is 0.250. The van der Waals surface area contributed by atoms with E-state index >= 15 is 0 Å². The summed E-state index contributed by atoms with van der Waals surface area (Å²) in [5, 5.41) is 3.77. The second kappa shape index (κ2) is 6.63. The zero-order valence-electron chi connectivity index (χ0n) is 14.0. The van der Waals surface area contributed by atoms with E-state index in [4.69, 9.17) is 4.52 Å². The van der Waals surface area contributed by atoms with Gasteiger partial charge >= 0.3 is 6.18 Å². The molecule has 12 heteroatoms. The summed E-state index contributed by atoms with van der Waals surface area (Å²) in [5.74, 6) is 0.309. The van der Waals surface area contributed by atoms with Gasteiger partial charge in [-0.25, -0.2) is 18.4 Å². The number of halogens is 3. The Morgan fingerprint density at radius 2 is 1.79 bits per heavy atom. The van der Waals surface area contributed by atoms with E-state index in [9.17, 15) is 21.6 Å². The van der Waals surface area contributed by atoms with Gasteiger partial charge < -0.3 is 4.52 Å². The van der Waals surface area contributed by atoms with Gasteiger partial charge in [0.05, 0.1) is 16.4 Å². The van der Waals surface area contributed by atoms with Crippen LogP contribution < -0.4 is 0 Å². The molecule has 0 bridgehead atoms. The minimum Gasteiger partial charge on any atom is -0.338 e. The summed E-state index contributed by atoms with van der Waals surface area (Å²) >= 11 is 0. The third kappa shape index (κ3) is 3.36. The molecule has 0 amide bonds. The fourth-order valence-corrected chi connectivity index (χ4v) is 4.26. The molecule has 0 spiro atoms. The van der Waals surface area contributed by atoms with Crippen LogP contribution in [0.25, 0.3) is 11.6 Å². The number of rotatable bonds is 4. The molecule has 1 fully saturated rings. The summed E-state index contributed by atoms with van der Waals surface area (Å²) < 4.78 is 69.8. The average Bonchev–Trinajstić information content (AvgIpc) is 3.10. The highest BCUT2D eigenvalue weighted by atomic mass is 32.2. The Morgan fingerprint density at radius 3 is 2.46 bits per heavy atom. The molecule has 3 heterocycles. The third-order valence-corrected chi connectivity index (χ3v) is 6.03. The molecule has 0 atom stereocenters. The van der Waals surface area contributed by atoms with Gasteiger partial charge in [0, 0.05) is 25.5 Å². The number of hydrogen-bond acceptors (Lipinski definition) is 7. The van der Waals surface area contributed by atoms with E-state index in [0.717, 1.165) is 22.5 Å². The van der Waals surface area contributed by atoms with Gasteiger partial charge in [-0.2, -0.15) is 22.5 Å². The second-order valence-electron chi connectivity index (χ2n) is 6.07. The molecular formula is C16H12F3N5O3S. The normalized spacial score (nSPS) is 16.1. The first kappa shape index (κ1) is 18.5. The summed E-state index contributed by atoms with van der Waals surface area (Å²) in [6.07, 6.45) is -1.58. The summed E-state index contributed by atoms with van der Waals surface area (Å²) in [7, 11) is -4.05. The van der Waals surface area contributed by atoms with Gasteiger partial charge in [0.1, 0.15) is 0 Å². The topological polar surface area (TPSA) is 102 Å². The molecule has 1 aromatic carbocycles. The van der Waals surface area contributed by atoms with Crippen molar-refractivity contribution in [2.45, 2.75) is 17.0 Å². The van der Waals surface area contributed by atoms with Gasteiger partial charge in [0.2, 0.25) is 27.6 Å². The van der Waals surface area contributed by atoms with Crippen molar-refractivity contribution in [3.05, 3.63) is 54.2 Å². The van der Waals surface area contributed by atoms with Crippen LogP contribution in [-0.2, 0) is 16.2 Å². The third-order valence-electron chi connectivity index (χ3n) is 4.20. The highest BCUT2D eigenvalue weighted by molar-refractivity contribution is 7.89. The number of sulfonamides is 1. The largest absolute Gasteiger partial charge is 0.416 e. The van der Waals surface area contributed by atoms with Crippen LogP contribution in [0.1, 0.15) is 17.4 Å². The number of nitrogens with zero attached hydrogens (tertiary/aromatic N) is 5. The molecular weight excluding hydrogens is 399 g/mol. The predicted molar refractivity (Wildman–Crippen MR) is 88.3 cm³/mol. The first-order valence-corrected chi connectivity index (χ1v) is 9.47. The number of aromatic nitrogens is 4. The van der Waals surface area contributed by atoms with E-state index in [1.165, 1.54) is 12.4 Å². The van der Waals surface area contributed by atoms with Crippen LogP contribution in [0, 0.1) is 0 Å². The van der Waals surface area contributed by atoms with Gasteiger partial charge in [-0.3, -0.25) is 0 Å². The highest BCUT2D eigenvalue weighted by Gasteiger charge is 2.41. The molecule has 146 valence electrons. The maximum Gasteiger partial charge on any atom is 0.416 e. The molecule has 28 heavy (non-hydrogen) atoms. The van der Waals surface area contributed by atoms with E-state index < -0.39 is 26.7 Å². The smallest absolute Gasteiger partial charge is 0.338 e. The molecule has 1 saturated heterocycles. The number of benzene rings is 1. The number of alkyl halides is 3. The Labute approximate surface area is 157 Å². The monoisotopic (exact) mass is 411 g/mol. The Hall–Kier alpha value is -2.86. The Balaban J connectivity index is 1.49. The van der Waals surface area contributed by atoms with Crippen LogP contribution >= 0.6 is 0 Å². The summed E-state index contributed by atoms with van der Waals surface area (Å²) in [5.41, 5.74) is -1.02. The van der Waals surface area contributed by atoms with Gasteiger partial charge in [-0.15, -0.1) is 0 Å². The predicted octanol–water partition coefficient (Wildman–Crippen LogP) is 2.33. The van der Waals surface area contributed by atoms with Crippen molar-refractivity contribution in [1.29, 1.82) is 0 Å². The molecule has 1 aliphatic heterocycles. The van der Waals surface area contributed by atoms with Gasteiger partial charge in [-0.05, 0) is 24.3 Å². The molecule has 0 unspecified atom stereocenters. The van der Waals surface area contributed by atoms with E-state index in [1.54, 1.807) is 6.07 Å². The molecule has 3 aromatic rings. The highest BCUT2D eigenvalue weighted by Crippen LogP contribution is 2.34. The zero-order chi connectivity index (χ0) is 19.9. The quantitative estimate of drug-likeness (QED) is 0.649. The molecule has 0 radical (unpaired) electrons. The van der Waals surface area contributed by atoms with Crippen LogP contribution in [0.2, 0.25) is 0 Å². The molecule has 8 nitrogen and oxygen atoms in total. The van der Waals surface area contributed by atoms with Crippen LogP contribution in [0.3, 0.4) is 0 Å². The first-order chi connectivity index (χ1) is 13.2. The maximum atomic E-state index is 12.8. The SMILES string of the molecule is O=S(=O)(c1cccc(C(F)(F)F)c1)N1CC(c2nc(-c3ncccn3)no2)C1. The molecule has 0 N–H and O–H groups in total. The van der Waals surface area contributed by atoms with Crippen LogP contribution in [-0.4, -0.2) is 45.9 Å². The van der Waals surface area contributed by atoms with E-state index in [1.807, 2.05) is 0 Å². The van der Waals surface area contributed by atoms with Crippen molar-refractivity contribution in [3.63, 3.8) is 0 Å². The Morgan fingerprint density at radius 1 is 1.07 bits per heavy atom. The minimum atomic E-state index is -4.62. The van der Waals surface area contributed by atoms with Crippen molar-refractivity contribution >= 4 is 10.0 Å². The van der Waals surface area contributed by atoms with E-state index in [2.05, 4.69) is 20.1 Å². The molecule has 4 rings (SSSR count). The molecule has 0 saturated carbocycles. The minimum absolute atomic E-state index is 0.0237. The Bertz CT molecular complexity index is 1100. The lowest BCUT2D eigenvalue weighted by atomic mass is 10.0. The van der Waals surface area contributed by atoms with E-state index in [-0.39, 0.29) is 36.5 Å². The van der Waals surface area contributed by atoms with Crippen LogP contribution in [0.5, 0.6) is 0 Å². The first-order valence-electron chi connectivity index (χ1n) is 8.03. The molecule has 0 aliphatic carbocycles. The molecule has 2 aromatic heterocycles. The fourth-order valence-electron chi connectivity index (χ4n) is 2.68. The van der Waals surface area contributed by atoms with Crippen molar-refractivity contribution < 1.29 is 26.1 Å². The summed E-state index contributed by atoms with van der Waals surface area (Å²) in [6, 6.07) is 5.28. The lowest BCUT2D eigenvalue weighted by molar-refractivity contribution is -0.137. The second-order valence-corrected chi connectivity index (χ2v) is 8.01. The van der Waals surface area contributed by atoms with Gasteiger partial charge in [0.15, 0.2) is 0 Å². The Kier molecular flexibility index (Phi) is 4.38.